The van der Waals surface area contributed by atoms with Gasteiger partial charge in [0.05, 0.1) is 24.1 Å². The van der Waals surface area contributed by atoms with Gasteiger partial charge in [-0.05, 0) is 43.2 Å². The zero-order valence-corrected chi connectivity index (χ0v) is 14.5. The molecule has 0 aliphatic carbocycles. The number of methoxy groups -OCH3 is 1. The van der Waals surface area contributed by atoms with Crippen molar-refractivity contribution in [3.63, 3.8) is 0 Å². The number of carbonyl (C=O) groups excluding carboxylic acids is 1. The maximum absolute atomic E-state index is 13.0. The van der Waals surface area contributed by atoms with Crippen molar-refractivity contribution in [2.45, 2.75) is 13.8 Å². The van der Waals surface area contributed by atoms with Crippen molar-refractivity contribution in [3.8, 4) is 17.0 Å². The SMILES string of the molecule is COc1ccccc1C(=O)c1ccnc(-c2c(C)cccc2C)c1N. The summed E-state index contributed by atoms with van der Waals surface area (Å²) in [5, 5.41) is 0. The molecule has 25 heavy (non-hydrogen) atoms. The number of hydrogen-bond acceptors (Lipinski definition) is 4. The Morgan fingerprint density at radius 2 is 1.64 bits per heavy atom. The van der Waals surface area contributed by atoms with Crippen molar-refractivity contribution < 1.29 is 9.53 Å². The molecule has 1 aromatic heterocycles. The van der Waals surface area contributed by atoms with E-state index in [4.69, 9.17) is 10.5 Å². The van der Waals surface area contributed by atoms with Gasteiger partial charge in [-0.1, -0.05) is 30.3 Å². The Kier molecular flexibility index (Phi) is 4.52. The number of ketones is 1. The molecule has 0 aliphatic rings. The summed E-state index contributed by atoms with van der Waals surface area (Å²) in [6.45, 7) is 4.02. The van der Waals surface area contributed by atoms with Gasteiger partial charge in [0.25, 0.3) is 0 Å². The second-order valence-corrected chi connectivity index (χ2v) is 5.92. The lowest BCUT2D eigenvalue weighted by Crippen LogP contribution is -2.09. The van der Waals surface area contributed by atoms with Crippen LogP contribution in [0.15, 0.2) is 54.7 Å². The fourth-order valence-corrected chi connectivity index (χ4v) is 3.04. The Hall–Kier alpha value is -3.14. The predicted molar refractivity (Wildman–Crippen MR) is 100.0 cm³/mol. The van der Waals surface area contributed by atoms with Crippen LogP contribution in [-0.4, -0.2) is 17.9 Å². The van der Waals surface area contributed by atoms with E-state index in [-0.39, 0.29) is 5.78 Å². The van der Waals surface area contributed by atoms with Gasteiger partial charge >= 0.3 is 0 Å². The average molecular weight is 332 g/mol. The van der Waals surface area contributed by atoms with Crippen LogP contribution in [0.5, 0.6) is 5.75 Å². The molecule has 0 unspecified atom stereocenters. The summed E-state index contributed by atoms with van der Waals surface area (Å²) in [6, 6.07) is 14.8. The number of nitrogens with zero attached hydrogens (tertiary/aromatic N) is 1. The summed E-state index contributed by atoms with van der Waals surface area (Å²) in [4.78, 5) is 17.5. The highest BCUT2D eigenvalue weighted by Crippen LogP contribution is 2.33. The minimum Gasteiger partial charge on any atom is -0.496 e. The van der Waals surface area contributed by atoms with Crippen molar-refractivity contribution >= 4 is 11.5 Å². The summed E-state index contributed by atoms with van der Waals surface area (Å²) in [5.74, 6) is 0.349. The molecule has 0 bridgehead atoms. The van der Waals surface area contributed by atoms with E-state index in [9.17, 15) is 4.79 Å². The van der Waals surface area contributed by atoms with Crippen molar-refractivity contribution in [1.82, 2.24) is 4.98 Å². The Labute approximate surface area is 147 Å². The zero-order chi connectivity index (χ0) is 18.0. The predicted octanol–water partition coefficient (Wildman–Crippen LogP) is 4.19. The van der Waals surface area contributed by atoms with Gasteiger partial charge < -0.3 is 10.5 Å². The lowest BCUT2D eigenvalue weighted by Gasteiger charge is -2.14. The third kappa shape index (κ3) is 2.98. The summed E-state index contributed by atoms with van der Waals surface area (Å²) in [6.07, 6.45) is 1.63. The highest BCUT2D eigenvalue weighted by molar-refractivity contribution is 6.14. The van der Waals surface area contributed by atoms with Crippen molar-refractivity contribution in [3.05, 3.63) is 77.0 Å². The van der Waals surface area contributed by atoms with Crippen LogP contribution < -0.4 is 10.5 Å². The molecule has 0 saturated carbocycles. The van der Waals surface area contributed by atoms with Gasteiger partial charge in [0.15, 0.2) is 5.78 Å². The third-order valence-electron chi connectivity index (χ3n) is 4.30. The maximum Gasteiger partial charge on any atom is 0.198 e. The highest BCUT2D eigenvalue weighted by atomic mass is 16.5. The summed E-state index contributed by atoms with van der Waals surface area (Å²) < 4.78 is 5.30. The van der Waals surface area contributed by atoms with Crippen LogP contribution >= 0.6 is 0 Å². The van der Waals surface area contributed by atoms with E-state index >= 15 is 0 Å². The quantitative estimate of drug-likeness (QED) is 0.728. The van der Waals surface area contributed by atoms with Gasteiger partial charge in [0.1, 0.15) is 5.75 Å². The molecule has 2 aromatic carbocycles. The minimum atomic E-state index is -0.176. The fourth-order valence-electron chi connectivity index (χ4n) is 3.04. The summed E-state index contributed by atoms with van der Waals surface area (Å²) >= 11 is 0. The number of hydrogen-bond donors (Lipinski definition) is 1. The monoisotopic (exact) mass is 332 g/mol. The van der Waals surface area contributed by atoms with Crippen LogP contribution in [0.25, 0.3) is 11.3 Å². The number of aryl methyl sites for hydroxylation is 2. The summed E-state index contributed by atoms with van der Waals surface area (Å²) in [5.41, 5.74) is 11.4. The fraction of sp³-hybridized carbons (Fsp3) is 0.143. The molecule has 0 radical (unpaired) electrons. The van der Waals surface area contributed by atoms with Crippen LogP contribution in [0.4, 0.5) is 5.69 Å². The molecular formula is C21H20N2O2. The molecule has 3 aromatic rings. The molecule has 0 spiro atoms. The third-order valence-corrected chi connectivity index (χ3v) is 4.30. The van der Waals surface area contributed by atoms with Crippen LogP contribution in [0.1, 0.15) is 27.0 Å². The van der Waals surface area contributed by atoms with Crippen molar-refractivity contribution in [2.75, 3.05) is 12.8 Å². The second kappa shape index (κ2) is 6.77. The molecule has 0 fully saturated rings. The van der Waals surface area contributed by atoms with Gasteiger partial charge in [0, 0.05) is 17.3 Å². The van der Waals surface area contributed by atoms with E-state index in [1.807, 2.05) is 38.1 Å². The first kappa shape index (κ1) is 16.7. The number of nitrogen functional groups attached to an aromatic ring is 1. The van der Waals surface area contributed by atoms with Gasteiger partial charge in [0.2, 0.25) is 0 Å². The largest absolute Gasteiger partial charge is 0.496 e. The van der Waals surface area contributed by atoms with E-state index in [1.165, 1.54) is 0 Å². The van der Waals surface area contributed by atoms with E-state index < -0.39 is 0 Å². The van der Waals surface area contributed by atoms with Crippen LogP contribution in [0.2, 0.25) is 0 Å². The zero-order valence-electron chi connectivity index (χ0n) is 14.5. The van der Waals surface area contributed by atoms with Crippen LogP contribution in [-0.2, 0) is 0 Å². The Morgan fingerprint density at radius 1 is 0.960 bits per heavy atom. The van der Waals surface area contributed by atoms with E-state index in [0.29, 0.717) is 28.3 Å². The number of pyridine rings is 1. The molecule has 2 N–H and O–H groups in total. The topological polar surface area (TPSA) is 65.2 Å². The molecule has 4 heteroatoms. The molecule has 0 atom stereocenters. The number of nitrogens with two attached hydrogens (primary N) is 1. The van der Waals surface area contributed by atoms with Crippen molar-refractivity contribution in [2.24, 2.45) is 0 Å². The Balaban J connectivity index is 2.16. The van der Waals surface area contributed by atoms with Crippen LogP contribution in [0, 0.1) is 13.8 Å². The number of carbonyl (C=O) groups is 1. The standard InChI is InChI=1S/C21H20N2O2/c1-13-7-6-8-14(2)18(13)20-19(22)16(11-12-23-20)21(24)15-9-4-5-10-17(15)25-3/h4-12H,22H2,1-3H3. The van der Waals surface area contributed by atoms with Gasteiger partial charge in [-0.25, -0.2) is 0 Å². The Morgan fingerprint density at radius 3 is 2.32 bits per heavy atom. The van der Waals surface area contributed by atoms with E-state index in [0.717, 1.165) is 16.7 Å². The normalized spacial score (nSPS) is 10.5. The number of aromatic nitrogens is 1. The van der Waals surface area contributed by atoms with Crippen molar-refractivity contribution in [1.29, 1.82) is 0 Å². The number of benzene rings is 2. The molecule has 126 valence electrons. The smallest absolute Gasteiger partial charge is 0.198 e. The van der Waals surface area contributed by atoms with E-state index in [2.05, 4.69) is 4.98 Å². The minimum absolute atomic E-state index is 0.176. The molecule has 0 amide bonds. The number of ether oxygens (including phenoxy) is 1. The number of para-hydroxylation sites is 1. The maximum atomic E-state index is 13.0. The first-order valence-electron chi connectivity index (χ1n) is 8.03. The number of rotatable bonds is 4. The molecular weight excluding hydrogens is 312 g/mol. The first-order chi connectivity index (χ1) is 12.0. The van der Waals surface area contributed by atoms with Gasteiger partial charge in [-0.2, -0.15) is 0 Å². The molecule has 0 aliphatic heterocycles. The van der Waals surface area contributed by atoms with Gasteiger partial charge in [-0.15, -0.1) is 0 Å². The molecule has 3 rings (SSSR count). The number of anilines is 1. The Bertz CT molecular complexity index is 928. The first-order valence-corrected chi connectivity index (χ1v) is 8.03. The van der Waals surface area contributed by atoms with Crippen LogP contribution in [0.3, 0.4) is 0 Å². The highest BCUT2D eigenvalue weighted by Gasteiger charge is 2.20. The summed E-state index contributed by atoms with van der Waals surface area (Å²) in [7, 11) is 1.55. The lowest BCUT2D eigenvalue weighted by molar-refractivity contribution is 0.103. The molecule has 1 heterocycles. The molecule has 4 nitrogen and oxygen atoms in total. The van der Waals surface area contributed by atoms with Gasteiger partial charge in [-0.3, -0.25) is 9.78 Å². The lowest BCUT2D eigenvalue weighted by atomic mass is 9.95. The second-order valence-electron chi connectivity index (χ2n) is 5.92. The average Bonchev–Trinajstić information content (AvgIpc) is 2.62. The van der Waals surface area contributed by atoms with E-state index in [1.54, 1.807) is 37.6 Å². The molecule has 0 saturated heterocycles.